The second-order valence-corrected chi connectivity index (χ2v) is 4.48. The van der Waals surface area contributed by atoms with E-state index in [2.05, 4.69) is 34.2 Å². The van der Waals surface area contributed by atoms with Gasteiger partial charge in [-0.15, -0.1) is 0 Å². The van der Waals surface area contributed by atoms with Crippen LogP contribution in [0.3, 0.4) is 0 Å². The van der Waals surface area contributed by atoms with Gasteiger partial charge in [0.2, 0.25) is 0 Å². The standard InChI is InChI=1S/C16H15N3/c17-10-9-12-5-7-13(8-6-12)16-11-18-14-3-1-2-4-15(14)19-16/h1-8,11H,9-10,17H2. The Morgan fingerprint density at radius 3 is 2.37 bits per heavy atom. The SMILES string of the molecule is NCCc1ccc(-c2cnc3ccccc3n2)cc1. The summed E-state index contributed by atoms with van der Waals surface area (Å²) in [5, 5.41) is 0. The van der Waals surface area contributed by atoms with Crippen LogP contribution in [0.2, 0.25) is 0 Å². The molecule has 1 aromatic heterocycles. The maximum Gasteiger partial charge on any atom is 0.0894 e. The quantitative estimate of drug-likeness (QED) is 0.776. The van der Waals surface area contributed by atoms with Crippen LogP contribution in [-0.4, -0.2) is 16.5 Å². The third kappa shape index (κ3) is 2.46. The summed E-state index contributed by atoms with van der Waals surface area (Å²) >= 11 is 0. The van der Waals surface area contributed by atoms with Gasteiger partial charge < -0.3 is 5.73 Å². The van der Waals surface area contributed by atoms with Crippen LogP contribution >= 0.6 is 0 Å². The van der Waals surface area contributed by atoms with E-state index in [1.54, 1.807) is 0 Å². The molecule has 1 heterocycles. The second kappa shape index (κ2) is 5.16. The van der Waals surface area contributed by atoms with Crippen molar-refractivity contribution in [3.63, 3.8) is 0 Å². The predicted molar refractivity (Wildman–Crippen MR) is 77.7 cm³/mol. The summed E-state index contributed by atoms with van der Waals surface area (Å²) in [6.45, 7) is 0.676. The molecule has 3 nitrogen and oxygen atoms in total. The molecule has 0 amide bonds. The molecule has 3 aromatic rings. The average molecular weight is 249 g/mol. The van der Waals surface area contributed by atoms with E-state index in [9.17, 15) is 0 Å². The van der Waals surface area contributed by atoms with Crippen molar-refractivity contribution in [2.45, 2.75) is 6.42 Å². The maximum absolute atomic E-state index is 5.55. The predicted octanol–water partition coefficient (Wildman–Crippen LogP) is 2.80. The van der Waals surface area contributed by atoms with Crippen LogP contribution in [0.1, 0.15) is 5.56 Å². The summed E-state index contributed by atoms with van der Waals surface area (Å²) in [5.74, 6) is 0. The number of para-hydroxylation sites is 2. The third-order valence-electron chi connectivity index (χ3n) is 3.13. The molecule has 2 N–H and O–H groups in total. The van der Waals surface area contributed by atoms with Gasteiger partial charge in [-0.05, 0) is 30.7 Å². The summed E-state index contributed by atoms with van der Waals surface area (Å²) in [5.41, 5.74) is 10.6. The number of hydrogen-bond donors (Lipinski definition) is 1. The number of aromatic nitrogens is 2. The van der Waals surface area contributed by atoms with E-state index in [0.717, 1.165) is 28.7 Å². The lowest BCUT2D eigenvalue weighted by Gasteiger charge is -2.04. The first-order chi connectivity index (χ1) is 9.36. The first-order valence-electron chi connectivity index (χ1n) is 6.38. The fraction of sp³-hybridized carbons (Fsp3) is 0.125. The van der Waals surface area contributed by atoms with Gasteiger partial charge >= 0.3 is 0 Å². The minimum Gasteiger partial charge on any atom is -0.330 e. The fourth-order valence-electron chi connectivity index (χ4n) is 2.11. The Balaban J connectivity index is 1.99. The minimum absolute atomic E-state index is 0.676. The molecule has 94 valence electrons. The molecule has 0 saturated heterocycles. The first kappa shape index (κ1) is 11.8. The molecule has 3 rings (SSSR count). The highest BCUT2D eigenvalue weighted by atomic mass is 14.8. The molecule has 0 atom stereocenters. The molecule has 0 bridgehead atoms. The van der Waals surface area contributed by atoms with E-state index in [4.69, 9.17) is 5.73 Å². The van der Waals surface area contributed by atoms with Crippen molar-refractivity contribution >= 4 is 11.0 Å². The van der Waals surface area contributed by atoms with E-state index >= 15 is 0 Å². The molecule has 2 aromatic carbocycles. The zero-order valence-corrected chi connectivity index (χ0v) is 10.6. The van der Waals surface area contributed by atoms with Crippen molar-refractivity contribution < 1.29 is 0 Å². The minimum atomic E-state index is 0.676. The zero-order valence-electron chi connectivity index (χ0n) is 10.6. The van der Waals surface area contributed by atoms with Crippen LogP contribution in [0.25, 0.3) is 22.3 Å². The van der Waals surface area contributed by atoms with E-state index < -0.39 is 0 Å². The molecular formula is C16H15N3. The lowest BCUT2D eigenvalue weighted by molar-refractivity contribution is 0.969. The van der Waals surface area contributed by atoms with Crippen LogP contribution in [0.5, 0.6) is 0 Å². The molecule has 0 aliphatic rings. The fourth-order valence-corrected chi connectivity index (χ4v) is 2.11. The van der Waals surface area contributed by atoms with Crippen LogP contribution in [0, 0.1) is 0 Å². The van der Waals surface area contributed by atoms with Gasteiger partial charge in [0.05, 0.1) is 22.9 Å². The summed E-state index contributed by atoms with van der Waals surface area (Å²) < 4.78 is 0. The molecule has 19 heavy (non-hydrogen) atoms. The normalized spacial score (nSPS) is 10.8. The molecule has 0 fully saturated rings. The average Bonchev–Trinajstić information content (AvgIpc) is 2.48. The Kier molecular flexibility index (Phi) is 3.21. The van der Waals surface area contributed by atoms with Crippen LogP contribution in [-0.2, 0) is 6.42 Å². The number of rotatable bonds is 3. The van der Waals surface area contributed by atoms with Gasteiger partial charge in [0.15, 0.2) is 0 Å². The van der Waals surface area contributed by atoms with Gasteiger partial charge in [-0.1, -0.05) is 36.4 Å². The van der Waals surface area contributed by atoms with E-state index in [0.29, 0.717) is 6.54 Å². The van der Waals surface area contributed by atoms with E-state index in [1.807, 2.05) is 30.5 Å². The molecule has 0 aliphatic carbocycles. The van der Waals surface area contributed by atoms with Crippen molar-refractivity contribution in [2.75, 3.05) is 6.54 Å². The number of fused-ring (bicyclic) bond motifs is 1. The molecular weight excluding hydrogens is 234 g/mol. The van der Waals surface area contributed by atoms with Crippen molar-refractivity contribution in [1.29, 1.82) is 0 Å². The molecule has 3 heteroatoms. The smallest absolute Gasteiger partial charge is 0.0894 e. The molecule has 0 radical (unpaired) electrons. The summed E-state index contributed by atoms with van der Waals surface area (Å²) in [7, 11) is 0. The lowest BCUT2D eigenvalue weighted by Crippen LogP contribution is -2.02. The molecule has 0 aliphatic heterocycles. The Hall–Kier alpha value is -2.26. The third-order valence-corrected chi connectivity index (χ3v) is 3.13. The number of nitrogens with two attached hydrogens (primary N) is 1. The number of nitrogens with zero attached hydrogens (tertiary/aromatic N) is 2. The monoisotopic (exact) mass is 249 g/mol. The van der Waals surface area contributed by atoms with Crippen molar-refractivity contribution in [2.24, 2.45) is 5.73 Å². The Morgan fingerprint density at radius 1 is 0.895 bits per heavy atom. The van der Waals surface area contributed by atoms with Gasteiger partial charge in [0.25, 0.3) is 0 Å². The highest BCUT2D eigenvalue weighted by molar-refractivity contribution is 5.76. The maximum atomic E-state index is 5.55. The van der Waals surface area contributed by atoms with E-state index in [-0.39, 0.29) is 0 Å². The van der Waals surface area contributed by atoms with Gasteiger partial charge in [0.1, 0.15) is 0 Å². The summed E-state index contributed by atoms with van der Waals surface area (Å²) in [4.78, 5) is 9.07. The van der Waals surface area contributed by atoms with Crippen molar-refractivity contribution in [3.8, 4) is 11.3 Å². The van der Waals surface area contributed by atoms with Crippen LogP contribution < -0.4 is 5.73 Å². The van der Waals surface area contributed by atoms with E-state index in [1.165, 1.54) is 5.56 Å². The van der Waals surface area contributed by atoms with Gasteiger partial charge in [0, 0.05) is 5.56 Å². The molecule has 0 saturated carbocycles. The zero-order chi connectivity index (χ0) is 13.1. The molecule has 0 spiro atoms. The van der Waals surface area contributed by atoms with Crippen molar-refractivity contribution in [1.82, 2.24) is 9.97 Å². The first-order valence-corrected chi connectivity index (χ1v) is 6.38. The van der Waals surface area contributed by atoms with Crippen LogP contribution in [0.15, 0.2) is 54.7 Å². The topological polar surface area (TPSA) is 51.8 Å². The lowest BCUT2D eigenvalue weighted by atomic mass is 10.1. The van der Waals surface area contributed by atoms with Gasteiger partial charge in [-0.3, -0.25) is 4.98 Å². The highest BCUT2D eigenvalue weighted by Crippen LogP contribution is 2.19. The number of hydrogen-bond acceptors (Lipinski definition) is 3. The number of benzene rings is 2. The molecule has 0 unspecified atom stereocenters. The second-order valence-electron chi connectivity index (χ2n) is 4.48. The van der Waals surface area contributed by atoms with Crippen molar-refractivity contribution in [3.05, 3.63) is 60.3 Å². The highest BCUT2D eigenvalue weighted by Gasteiger charge is 2.02. The largest absolute Gasteiger partial charge is 0.330 e. The summed E-state index contributed by atoms with van der Waals surface area (Å²) in [6.07, 6.45) is 2.73. The Bertz CT molecular complexity index is 690. The Labute approximate surface area is 112 Å². The van der Waals surface area contributed by atoms with Crippen LogP contribution in [0.4, 0.5) is 0 Å². The van der Waals surface area contributed by atoms with Gasteiger partial charge in [-0.25, -0.2) is 4.98 Å². The van der Waals surface area contributed by atoms with Gasteiger partial charge in [-0.2, -0.15) is 0 Å². The summed E-state index contributed by atoms with van der Waals surface area (Å²) in [6, 6.07) is 16.2. The Morgan fingerprint density at radius 2 is 1.63 bits per heavy atom.